The molecular formula is C24H45NO5. The van der Waals surface area contributed by atoms with Crippen LogP contribution >= 0.6 is 0 Å². The second-order valence-electron chi connectivity index (χ2n) is 7.66. The summed E-state index contributed by atoms with van der Waals surface area (Å²) in [6.45, 7) is 5.36. The number of aliphatic carboxylic acids is 1. The van der Waals surface area contributed by atoms with E-state index in [-0.39, 0.29) is 6.42 Å². The van der Waals surface area contributed by atoms with Crippen molar-refractivity contribution >= 4 is 17.9 Å². The minimum Gasteiger partial charge on any atom is -0.481 e. The molecule has 3 N–H and O–H groups in total. The van der Waals surface area contributed by atoms with E-state index >= 15 is 0 Å². The lowest BCUT2D eigenvalue weighted by molar-refractivity contribution is -0.160. The minimum atomic E-state index is -0.745. The zero-order valence-corrected chi connectivity index (χ0v) is 19.5. The van der Waals surface area contributed by atoms with Gasteiger partial charge in [0, 0.05) is 12.8 Å². The van der Waals surface area contributed by atoms with Crippen molar-refractivity contribution in [1.82, 2.24) is 0 Å². The van der Waals surface area contributed by atoms with Crippen LogP contribution in [0.25, 0.3) is 0 Å². The Morgan fingerprint density at radius 2 is 1.27 bits per heavy atom. The fourth-order valence-electron chi connectivity index (χ4n) is 2.60. The van der Waals surface area contributed by atoms with E-state index < -0.39 is 23.9 Å². The Bertz CT molecular complexity index is 461. The second-order valence-corrected chi connectivity index (χ2v) is 7.66. The number of nitrogens with two attached hydrogens (primary N) is 1. The Morgan fingerprint density at radius 1 is 0.833 bits per heavy atom. The molecule has 0 aromatic heterocycles. The van der Waals surface area contributed by atoms with E-state index in [2.05, 4.69) is 23.8 Å². The van der Waals surface area contributed by atoms with Gasteiger partial charge in [0.15, 0.2) is 0 Å². The number of esters is 2. The van der Waals surface area contributed by atoms with Crippen LogP contribution in [0.2, 0.25) is 0 Å². The van der Waals surface area contributed by atoms with Gasteiger partial charge in [0.25, 0.3) is 0 Å². The number of carboxylic acid groups (broad SMARTS) is 1. The first-order valence-electron chi connectivity index (χ1n) is 11.7. The van der Waals surface area contributed by atoms with E-state index in [4.69, 9.17) is 10.8 Å². The highest BCUT2D eigenvalue weighted by atomic mass is 16.6. The number of carboxylic acids is 1. The first-order chi connectivity index (χ1) is 14.3. The summed E-state index contributed by atoms with van der Waals surface area (Å²) < 4.78 is 4.62. The van der Waals surface area contributed by atoms with Crippen molar-refractivity contribution in [1.29, 1.82) is 0 Å². The van der Waals surface area contributed by atoms with Crippen LogP contribution in [-0.2, 0) is 19.1 Å². The van der Waals surface area contributed by atoms with Crippen molar-refractivity contribution in [3.63, 3.8) is 0 Å². The molecule has 0 saturated heterocycles. The lowest BCUT2D eigenvalue weighted by Crippen LogP contribution is -2.30. The Hall–Kier alpha value is -1.69. The quantitative estimate of drug-likeness (QED) is 0.129. The molecule has 0 fully saturated rings. The molecule has 0 saturated carbocycles. The molecular weight excluding hydrogens is 382 g/mol. The predicted molar refractivity (Wildman–Crippen MR) is 122 cm³/mol. The first kappa shape index (κ1) is 30.5. The third-order valence-electron chi connectivity index (χ3n) is 4.53. The van der Waals surface area contributed by atoms with Crippen LogP contribution in [0.3, 0.4) is 0 Å². The summed E-state index contributed by atoms with van der Waals surface area (Å²) in [5.41, 5.74) is 5.34. The number of ether oxygens (including phenoxy) is 1. The van der Waals surface area contributed by atoms with E-state index in [0.717, 1.165) is 25.7 Å². The average Bonchev–Trinajstić information content (AvgIpc) is 2.71. The van der Waals surface area contributed by atoms with Gasteiger partial charge >= 0.3 is 17.9 Å². The molecule has 0 spiro atoms. The van der Waals surface area contributed by atoms with Gasteiger partial charge in [-0.1, -0.05) is 77.4 Å². The SMILES string of the molecule is CCC(=O)O.CCCCCCCC/C=C\CCCCCCCC(=O)OC(=O)C(C)N. The van der Waals surface area contributed by atoms with Crippen molar-refractivity contribution in [2.75, 3.05) is 0 Å². The second kappa shape index (κ2) is 23.6. The summed E-state index contributed by atoms with van der Waals surface area (Å²) in [7, 11) is 0. The van der Waals surface area contributed by atoms with Crippen LogP contribution < -0.4 is 5.73 Å². The van der Waals surface area contributed by atoms with E-state index in [1.54, 1.807) is 6.92 Å². The number of unbranched alkanes of at least 4 members (excludes halogenated alkanes) is 11. The maximum absolute atomic E-state index is 11.4. The summed E-state index contributed by atoms with van der Waals surface area (Å²) in [6, 6.07) is -0.738. The van der Waals surface area contributed by atoms with Crippen molar-refractivity contribution < 1.29 is 24.2 Å². The topological polar surface area (TPSA) is 107 Å². The fraction of sp³-hybridized carbons (Fsp3) is 0.792. The third kappa shape index (κ3) is 26.3. The van der Waals surface area contributed by atoms with Crippen LogP contribution in [0.4, 0.5) is 0 Å². The largest absolute Gasteiger partial charge is 0.481 e. The standard InChI is InChI=1S/C21H39NO3.C3H6O2/c1-3-4-5-6-7-8-9-10-11-12-13-14-15-16-17-18-20(23)25-21(24)19(2)22;1-2-3(4)5/h10-11,19H,3-9,12-18,22H2,1-2H3;2H2,1H3,(H,4,5)/b11-10-;. The maximum Gasteiger partial charge on any atom is 0.330 e. The molecule has 1 atom stereocenters. The molecule has 0 aliphatic rings. The van der Waals surface area contributed by atoms with Crippen LogP contribution in [0.5, 0.6) is 0 Å². The van der Waals surface area contributed by atoms with E-state index in [1.165, 1.54) is 64.7 Å². The van der Waals surface area contributed by atoms with Crippen molar-refractivity contribution in [2.24, 2.45) is 5.73 Å². The molecule has 176 valence electrons. The number of rotatable bonds is 17. The van der Waals surface area contributed by atoms with Crippen molar-refractivity contribution in [3.05, 3.63) is 12.2 Å². The third-order valence-corrected chi connectivity index (χ3v) is 4.53. The number of carbonyl (C=O) groups excluding carboxylic acids is 2. The minimum absolute atomic E-state index is 0.222. The van der Waals surface area contributed by atoms with Gasteiger partial charge in [-0.15, -0.1) is 0 Å². The van der Waals surface area contributed by atoms with Gasteiger partial charge < -0.3 is 15.6 Å². The number of hydrogen-bond donors (Lipinski definition) is 2. The first-order valence-corrected chi connectivity index (χ1v) is 11.7. The molecule has 0 bridgehead atoms. The fourth-order valence-corrected chi connectivity index (χ4v) is 2.60. The van der Waals surface area contributed by atoms with E-state index in [9.17, 15) is 14.4 Å². The summed E-state index contributed by atoms with van der Waals surface area (Å²) in [5, 5.41) is 7.72. The van der Waals surface area contributed by atoms with Gasteiger partial charge in [0.1, 0.15) is 6.04 Å². The Morgan fingerprint density at radius 3 is 1.70 bits per heavy atom. The van der Waals surface area contributed by atoms with Gasteiger partial charge in [0.05, 0.1) is 0 Å². The van der Waals surface area contributed by atoms with Crippen molar-refractivity contribution in [3.8, 4) is 0 Å². The van der Waals surface area contributed by atoms with E-state index in [0.29, 0.717) is 6.42 Å². The van der Waals surface area contributed by atoms with E-state index in [1.807, 2.05) is 0 Å². The molecule has 0 heterocycles. The van der Waals surface area contributed by atoms with Gasteiger partial charge in [0.2, 0.25) is 0 Å². The molecule has 6 heteroatoms. The van der Waals surface area contributed by atoms with Crippen LogP contribution in [0.1, 0.15) is 117 Å². The highest BCUT2D eigenvalue weighted by Gasteiger charge is 2.13. The molecule has 0 aliphatic heterocycles. The molecule has 0 aliphatic carbocycles. The van der Waals surface area contributed by atoms with Crippen LogP contribution in [0, 0.1) is 0 Å². The molecule has 0 aromatic carbocycles. The maximum atomic E-state index is 11.4. The van der Waals surface area contributed by atoms with Gasteiger partial charge in [-0.3, -0.25) is 9.59 Å². The highest BCUT2D eigenvalue weighted by molar-refractivity contribution is 5.87. The predicted octanol–water partition coefficient (Wildman–Crippen LogP) is 5.92. The smallest absolute Gasteiger partial charge is 0.330 e. The van der Waals surface area contributed by atoms with Crippen molar-refractivity contribution in [2.45, 2.75) is 123 Å². The molecule has 0 aromatic rings. The molecule has 0 amide bonds. The molecule has 0 rings (SSSR count). The monoisotopic (exact) mass is 427 g/mol. The normalized spacial score (nSPS) is 11.6. The van der Waals surface area contributed by atoms with Gasteiger partial charge in [-0.25, -0.2) is 4.79 Å². The number of hydrogen-bond acceptors (Lipinski definition) is 5. The molecule has 1 unspecified atom stereocenters. The lowest BCUT2D eigenvalue weighted by atomic mass is 10.1. The number of allylic oxidation sites excluding steroid dienone is 2. The van der Waals surface area contributed by atoms with Crippen LogP contribution in [0.15, 0.2) is 12.2 Å². The Balaban J connectivity index is 0. The summed E-state index contributed by atoms with van der Waals surface area (Å²) in [4.78, 5) is 31.9. The zero-order chi connectivity index (χ0) is 23.0. The zero-order valence-electron chi connectivity index (χ0n) is 19.5. The van der Waals surface area contributed by atoms with Crippen LogP contribution in [-0.4, -0.2) is 29.1 Å². The summed E-state index contributed by atoms with van der Waals surface area (Å²) >= 11 is 0. The highest BCUT2D eigenvalue weighted by Crippen LogP contribution is 2.10. The molecule has 0 radical (unpaired) electrons. The molecule has 30 heavy (non-hydrogen) atoms. The lowest BCUT2D eigenvalue weighted by Gasteiger charge is -2.05. The van der Waals surface area contributed by atoms with Gasteiger partial charge in [-0.2, -0.15) is 0 Å². The average molecular weight is 428 g/mol. The molecule has 6 nitrogen and oxygen atoms in total. The summed E-state index contributed by atoms with van der Waals surface area (Å²) in [6.07, 6.45) is 21.0. The van der Waals surface area contributed by atoms with Gasteiger partial charge in [-0.05, 0) is 39.0 Å². The number of carbonyl (C=O) groups is 3. The Kier molecular flexibility index (Phi) is 24.0. The Labute approximate surface area is 183 Å². The summed E-state index contributed by atoms with van der Waals surface area (Å²) in [5.74, 6) is -1.84.